The summed E-state index contributed by atoms with van der Waals surface area (Å²) in [5.41, 5.74) is 0. The predicted molar refractivity (Wildman–Crippen MR) is 55.0 cm³/mol. The highest BCUT2D eigenvalue weighted by Gasteiger charge is 2.18. The second-order valence-corrected chi connectivity index (χ2v) is 3.09. The molecular formula is C10H12N2O4. The van der Waals surface area contributed by atoms with Crippen LogP contribution in [-0.2, 0) is 9.59 Å². The van der Waals surface area contributed by atoms with E-state index in [1.165, 1.54) is 13.1 Å². The molecule has 0 saturated heterocycles. The first-order valence-corrected chi connectivity index (χ1v) is 4.62. The summed E-state index contributed by atoms with van der Waals surface area (Å²) in [5.74, 6) is -1.10. The number of rotatable bonds is 5. The molecule has 0 radical (unpaired) electrons. The Morgan fingerprint density at radius 3 is 2.88 bits per heavy atom. The number of carboxylic acid groups (broad SMARTS) is 1. The van der Waals surface area contributed by atoms with Crippen LogP contribution in [0, 0.1) is 0 Å². The summed E-state index contributed by atoms with van der Waals surface area (Å²) in [6.07, 6.45) is 3.04. The van der Waals surface area contributed by atoms with E-state index in [-0.39, 0.29) is 6.61 Å². The third-order valence-electron chi connectivity index (χ3n) is 1.73. The molecule has 0 aliphatic rings. The van der Waals surface area contributed by atoms with Crippen LogP contribution in [0.3, 0.4) is 0 Å². The van der Waals surface area contributed by atoms with Gasteiger partial charge in [0, 0.05) is 13.1 Å². The number of carbonyl (C=O) groups is 2. The number of nitrogens with one attached hydrogen (secondary N) is 1. The Kier molecular flexibility index (Phi) is 4.26. The Balaban J connectivity index is 2.50. The van der Waals surface area contributed by atoms with Crippen LogP contribution in [0.15, 0.2) is 24.5 Å². The Morgan fingerprint density at radius 2 is 2.38 bits per heavy atom. The summed E-state index contributed by atoms with van der Waals surface area (Å²) in [6.45, 7) is 1.11. The first-order chi connectivity index (χ1) is 7.59. The molecule has 0 aliphatic heterocycles. The number of amides is 1. The zero-order valence-corrected chi connectivity index (χ0v) is 8.71. The maximum atomic E-state index is 10.7. The van der Waals surface area contributed by atoms with Gasteiger partial charge in [-0.05, 0) is 12.1 Å². The van der Waals surface area contributed by atoms with Crippen molar-refractivity contribution in [3.63, 3.8) is 0 Å². The van der Waals surface area contributed by atoms with Gasteiger partial charge in [0.1, 0.15) is 12.4 Å². The van der Waals surface area contributed by atoms with Gasteiger partial charge in [-0.25, -0.2) is 4.79 Å². The highest BCUT2D eigenvalue weighted by Crippen LogP contribution is 2.06. The average molecular weight is 224 g/mol. The van der Waals surface area contributed by atoms with Crippen molar-refractivity contribution in [3.8, 4) is 5.75 Å². The van der Waals surface area contributed by atoms with E-state index in [0.717, 1.165) is 0 Å². The first kappa shape index (κ1) is 12.0. The third kappa shape index (κ3) is 3.95. The molecule has 0 fully saturated rings. The lowest BCUT2D eigenvalue weighted by molar-refractivity contribution is -0.142. The molecule has 1 amide bonds. The van der Waals surface area contributed by atoms with Gasteiger partial charge < -0.3 is 15.2 Å². The van der Waals surface area contributed by atoms with E-state index < -0.39 is 17.9 Å². The summed E-state index contributed by atoms with van der Waals surface area (Å²) >= 11 is 0. The number of aromatic nitrogens is 1. The maximum Gasteiger partial charge on any atom is 0.329 e. The summed E-state index contributed by atoms with van der Waals surface area (Å²) in [5, 5.41) is 11.1. The molecule has 0 saturated carbocycles. The SMILES string of the molecule is CC(=O)NC(COc1cccnc1)C(=O)O. The minimum Gasteiger partial charge on any atom is -0.489 e. The average Bonchev–Trinajstić information content (AvgIpc) is 2.25. The lowest BCUT2D eigenvalue weighted by Gasteiger charge is -2.13. The summed E-state index contributed by atoms with van der Waals surface area (Å²) < 4.78 is 5.17. The van der Waals surface area contributed by atoms with Gasteiger partial charge in [0.2, 0.25) is 5.91 Å². The number of carboxylic acids is 1. The number of pyridine rings is 1. The van der Waals surface area contributed by atoms with Crippen molar-refractivity contribution in [1.82, 2.24) is 10.3 Å². The summed E-state index contributed by atoms with van der Waals surface area (Å²) in [6, 6.07) is 2.26. The molecule has 6 heteroatoms. The lowest BCUT2D eigenvalue weighted by Crippen LogP contribution is -2.43. The van der Waals surface area contributed by atoms with E-state index in [2.05, 4.69) is 10.3 Å². The molecule has 2 N–H and O–H groups in total. The Hall–Kier alpha value is -2.11. The number of aliphatic carboxylic acids is 1. The molecule has 1 unspecified atom stereocenters. The van der Waals surface area contributed by atoms with E-state index in [0.29, 0.717) is 5.75 Å². The van der Waals surface area contributed by atoms with Gasteiger partial charge in [-0.1, -0.05) is 0 Å². The summed E-state index contributed by atoms with van der Waals surface area (Å²) in [7, 11) is 0. The van der Waals surface area contributed by atoms with Crippen LogP contribution in [0.5, 0.6) is 5.75 Å². The fraction of sp³-hybridized carbons (Fsp3) is 0.300. The highest BCUT2D eigenvalue weighted by atomic mass is 16.5. The number of hydrogen-bond acceptors (Lipinski definition) is 4. The smallest absolute Gasteiger partial charge is 0.329 e. The van der Waals surface area contributed by atoms with Gasteiger partial charge in [-0.2, -0.15) is 0 Å². The Bertz CT molecular complexity index is 366. The fourth-order valence-corrected chi connectivity index (χ4v) is 1.03. The Morgan fingerprint density at radius 1 is 1.62 bits per heavy atom. The van der Waals surface area contributed by atoms with Crippen molar-refractivity contribution in [2.45, 2.75) is 13.0 Å². The van der Waals surface area contributed by atoms with E-state index in [1.54, 1.807) is 18.3 Å². The van der Waals surface area contributed by atoms with E-state index in [1.807, 2.05) is 0 Å². The van der Waals surface area contributed by atoms with Gasteiger partial charge in [-0.3, -0.25) is 9.78 Å². The van der Waals surface area contributed by atoms with Crippen LogP contribution in [-0.4, -0.2) is 34.6 Å². The minimum atomic E-state index is -1.14. The number of hydrogen-bond donors (Lipinski definition) is 2. The molecule has 0 spiro atoms. The molecule has 0 bridgehead atoms. The first-order valence-electron chi connectivity index (χ1n) is 4.62. The standard InChI is InChI=1S/C10H12N2O4/c1-7(13)12-9(10(14)15)6-16-8-3-2-4-11-5-8/h2-5,9H,6H2,1H3,(H,12,13)(H,14,15). The molecule has 1 rings (SSSR count). The second kappa shape index (κ2) is 5.69. The van der Waals surface area contributed by atoms with Crippen LogP contribution in [0.25, 0.3) is 0 Å². The van der Waals surface area contributed by atoms with Gasteiger partial charge in [0.05, 0.1) is 6.20 Å². The molecule has 1 atom stereocenters. The van der Waals surface area contributed by atoms with Crippen molar-refractivity contribution in [2.24, 2.45) is 0 Å². The molecule has 0 aromatic carbocycles. The monoisotopic (exact) mass is 224 g/mol. The molecule has 6 nitrogen and oxygen atoms in total. The zero-order valence-electron chi connectivity index (χ0n) is 8.71. The van der Waals surface area contributed by atoms with Crippen molar-refractivity contribution in [1.29, 1.82) is 0 Å². The Labute approximate surface area is 92.3 Å². The third-order valence-corrected chi connectivity index (χ3v) is 1.73. The van der Waals surface area contributed by atoms with Crippen molar-refractivity contribution < 1.29 is 19.4 Å². The molecule has 1 aromatic heterocycles. The molecular weight excluding hydrogens is 212 g/mol. The van der Waals surface area contributed by atoms with E-state index >= 15 is 0 Å². The van der Waals surface area contributed by atoms with E-state index in [9.17, 15) is 9.59 Å². The normalized spacial score (nSPS) is 11.6. The number of nitrogens with zero attached hydrogens (tertiary/aromatic N) is 1. The van der Waals surface area contributed by atoms with E-state index in [4.69, 9.17) is 9.84 Å². The topological polar surface area (TPSA) is 88.5 Å². The highest BCUT2D eigenvalue weighted by molar-refractivity contribution is 5.82. The van der Waals surface area contributed by atoms with Gasteiger partial charge in [-0.15, -0.1) is 0 Å². The minimum absolute atomic E-state index is 0.138. The number of carbonyl (C=O) groups excluding carboxylic acids is 1. The number of ether oxygens (including phenoxy) is 1. The van der Waals surface area contributed by atoms with Gasteiger partial charge in [0.25, 0.3) is 0 Å². The molecule has 1 heterocycles. The van der Waals surface area contributed by atoms with Crippen LogP contribution in [0.1, 0.15) is 6.92 Å². The van der Waals surface area contributed by atoms with Gasteiger partial charge in [0.15, 0.2) is 6.04 Å². The molecule has 1 aromatic rings. The van der Waals surface area contributed by atoms with Crippen LogP contribution < -0.4 is 10.1 Å². The largest absolute Gasteiger partial charge is 0.489 e. The van der Waals surface area contributed by atoms with Crippen LogP contribution >= 0.6 is 0 Å². The van der Waals surface area contributed by atoms with Gasteiger partial charge >= 0.3 is 5.97 Å². The zero-order chi connectivity index (χ0) is 12.0. The predicted octanol–water partition coefficient (Wildman–Crippen LogP) is 0.0497. The quantitative estimate of drug-likeness (QED) is 0.737. The lowest BCUT2D eigenvalue weighted by atomic mass is 10.3. The summed E-state index contributed by atoms with van der Waals surface area (Å²) in [4.78, 5) is 25.3. The maximum absolute atomic E-state index is 10.7. The van der Waals surface area contributed by atoms with Crippen molar-refractivity contribution >= 4 is 11.9 Å². The van der Waals surface area contributed by atoms with Crippen LogP contribution in [0.2, 0.25) is 0 Å². The van der Waals surface area contributed by atoms with Crippen LogP contribution in [0.4, 0.5) is 0 Å². The molecule has 86 valence electrons. The van der Waals surface area contributed by atoms with Crippen molar-refractivity contribution in [3.05, 3.63) is 24.5 Å². The second-order valence-electron chi connectivity index (χ2n) is 3.09. The fourth-order valence-electron chi connectivity index (χ4n) is 1.03. The van der Waals surface area contributed by atoms with Crippen molar-refractivity contribution in [2.75, 3.05) is 6.61 Å². The molecule has 0 aliphatic carbocycles. The molecule has 16 heavy (non-hydrogen) atoms.